The molecule has 146 valence electrons. The minimum atomic E-state index is -0.895. The van der Waals surface area contributed by atoms with Crippen LogP contribution < -0.4 is 5.32 Å². The van der Waals surface area contributed by atoms with Gasteiger partial charge in [-0.25, -0.2) is 0 Å². The van der Waals surface area contributed by atoms with E-state index in [0.29, 0.717) is 11.4 Å². The van der Waals surface area contributed by atoms with E-state index in [1.807, 2.05) is 78.9 Å². The van der Waals surface area contributed by atoms with Crippen LogP contribution in [0.2, 0.25) is 5.02 Å². The molecule has 0 bridgehead atoms. The number of ketones is 1. The summed E-state index contributed by atoms with van der Waals surface area (Å²) in [6.07, 6.45) is 0.760. The first-order valence-corrected chi connectivity index (χ1v) is 10.1. The molecule has 1 aliphatic heterocycles. The average Bonchev–Trinajstić information content (AvgIpc) is 2.99. The summed E-state index contributed by atoms with van der Waals surface area (Å²) in [5.74, 6) is -0.365. The van der Waals surface area contributed by atoms with Gasteiger partial charge in [0.15, 0.2) is 0 Å². The van der Waals surface area contributed by atoms with Crippen LogP contribution in [0, 0.1) is 0 Å². The summed E-state index contributed by atoms with van der Waals surface area (Å²) in [4.78, 5) is 25.9. The van der Waals surface area contributed by atoms with Crippen LogP contribution in [0.5, 0.6) is 0 Å². The first-order chi connectivity index (χ1) is 14.0. The highest BCUT2D eigenvalue weighted by atomic mass is 35.5. The van der Waals surface area contributed by atoms with Crippen molar-refractivity contribution in [3.63, 3.8) is 0 Å². The number of carbonyl (C=O) groups is 2. The third kappa shape index (κ3) is 3.58. The second-order valence-corrected chi connectivity index (χ2v) is 8.08. The third-order valence-electron chi connectivity index (χ3n) is 5.72. The maximum Gasteiger partial charge on any atom is 0.236 e. The Morgan fingerprint density at radius 2 is 1.72 bits per heavy atom. The lowest BCUT2D eigenvalue weighted by Crippen LogP contribution is -2.43. The molecule has 0 saturated heterocycles. The summed E-state index contributed by atoms with van der Waals surface area (Å²) >= 11 is 6.29. The van der Waals surface area contributed by atoms with Crippen LogP contribution in [0.25, 0.3) is 0 Å². The summed E-state index contributed by atoms with van der Waals surface area (Å²) in [6, 6.07) is 25.2. The van der Waals surface area contributed by atoms with Crippen molar-refractivity contribution in [2.24, 2.45) is 0 Å². The molecule has 4 rings (SSSR count). The van der Waals surface area contributed by atoms with E-state index in [9.17, 15) is 9.59 Å². The van der Waals surface area contributed by atoms with Crippen LogP contribution >= 0.6 is 11.6 Å². The zero-order chi connectivity index (χ0) is 20.4. The lowest BCUT2D eigenvalue weighted by molar-refractivity contribution is -0.122. The second-order valence-electron chi connectivity index (χ2n) is 7.65. The largest absolute Gasteiger partial charge is 0.325 e. The van der Waals surface area contributed by atoms with Gasteiger partial charge in [0, 0.05) is 23.0 Å². The van der Waals surface area contributed by atoms with Gasteiger partial charge in [-0.15, -0.1) is 0 Å². The molecule has 1 amide bonds. The standard InChI is InChI=1S/C25H22ClNO2/c1-17(28)14-22(19-10-7-11-20(26)15-19)25(16-18-8-3-2-4-9-18)21-12-5-6-13-23(21)27-24(25)29/h2-13,15,22H,14,16H2,1H3,(H,27,29)/t22-,25+/m0/s1. The Bertz CT molecular complexity index is 1060. The highest BCUT2D eigenvalue weighted by Crippen LogP contribution is 2.51. The molecule has 4 heteroatoms. The Morgan fingerprint density at radius 3 is 2.45 bits per heavy atom. The molecule has 3 aromatic rings. The van der Waals surface area contributed by atoms with Crippen molar-refractivity contribution in [1.82, 2.24) is 0 Å². The Morgan fingerprint density at radius 1 is 1.00 bits per heavy atom. The molecule has 0 spiro atoms. The normalized spacial score (nSPS) is 18.8. The summed E-state index contributed by atoms with van der Waals surface area (Å²) in [6.45, 7) is 1.58. The van der Waals surface area contributed by atoms with Crippen molar-refractivity contribution in [3.05, 3.63) is 101 Å². The number of halogens is 1. The van der Waals surface area contributed by atoms with Gasteiger partial charge in [0.2, 0.25) is 5.91 Å². The van der Waals surface area contributed by atoms with Crippen molar-refractivity contribution in [2.45, 2.75) is 31.1 Å². The zero-order valence-electron chi connectivity index (χ0n) is 16.2. The number of hydrogen-bond acceptors (Lipinski definition) is 2. The second kappa shape index (κ2) is 7.84. The number of fused-ring (bicyclic) bond motifs is 1. The molecule has 1 N–H and O–H groups in total. The average molecular weight is 404 g/mol. The van der Waals surface area contributed by atoms with E-state index in [2.05, 4.69) is 5.32 Å². The van der Waals surface area contributed by atoms with E-state index < -0.39 is 5.41 Å². The molecule has 3 aromatic carbocycles. The van der Waals surface area contributed by atoms with Crippen LogP contribution in [0.4, 0.5) is 5.69 Å². The number of anilines is 1. The first-order valence-electron chi connectivity index (χ1n) is 9.70. The number of para-hydroxylation sites is 1. The summed E-state index contributed by atoms with van der Waals surface area (Å²) < 4.78 is 0. The highest BCUT2D eigenvalue weighted by Gasteiger charge is 2.52. The fraction of sp³-hybridized carbons (Fsp3) is 0.200. The SMILES string of the molecule is CC(=O)C[C@@H](c1cccc(Cl)c1)[C@]1(Cc2ccccc2)C(=O)Nc2ccccc21. The lowest BCUT2D eigenvalue weighted by atomic mass is 9.63. The number of hydrogen-bond donors (Lipinski definition) is 1. The number of benzene rings is 3. The molecular formula is C25H22ClNO2. The number of rotatable bonds is 6. The number of Topliss-reactive ketones (excluding diaryl/α,β-unsaturated/α-hetero) is 1. The minimum absolute atomic E-state index is 0.0413. The molecule has 0 saturated carbocycles. The Hall–Kier alpha value is -2.91. The highest BCUT2D eigenvalue weighted by molar-refractivity contribution is 6.30. The van der Waals surface area contributed by atoms with E-state index >= 15 is 0 Å². The van der Waals surface area contributed by atoms with E-state index in [1.54, 1.807) is 6.92 Å². The molecule has 1 aliphatic rings. The maximum absolute atomic E-state index is 13.6. The molecule has 0 radical (unpaired) electrons. The fourth-order valence-electron chi connectivity index (χ4n) is 4.49. The van der Waals surface area contributed by atoms with E-state index in [-0.39, 0.29) is 24.0 Å². The fourth-order valence-corrected chi connectivity index (χ4v) is 4.69. The van der Waals surface area contributed by atoms with Crippen LogP contribution in [-0.2, 0) is 21.4 Å². The van der Waals surface area contributed by atoms with Crippen molar-refractivity contribution in [3.8, 4) is 0 Å². The molecule has 3 nitrogen and oxygen atoms in total. The van der Waals surface area contributed by atoms with Gasteiger partial charge in [-0.2, -0.15) is 0 Å². The minimum Gasteiger partial charge on any atom is -0.325 e. The third-order valence-corrected chi connectivity index (χ3v) is 5.96. The van der Waals surface area contributed by atoms with Gasteiger partial charge >= 0.3 is 0 Å². The first kappa shape index (κ1) is 19.4. The quantitative estimate of drug-likeness (QED) is 0.587. The van der Waals surface area contributed by atoms with Crippen molar-refractivity contribution < 1.29 is 9.59 Å². The molecule has 0 aliphatic carbocycles. The number of nitrogens with one attached hydrogen (secondary N) is 1. The van der Waals surface area contributed by atoms with Crippen LogP contribution in [0.1, 0.15) is 36.0 Å². The van der Waals surface area contributed by atoms with Gasteiger partial charge in [-0.3, -0.25) is 4.79 Å². The molecular weight excluding hydrogens is 382 g/mol. The zero-order valence-corrected chi connectivity index (χ0v) is 16.9. The molecule has 1 heterocycles. The molecule has 29 heavy (non-hydrogen) atoms. The van der Waals surface area contributed by atoms with Crippen molar-refractivity contribution in [2.75, 3.05) is 5.32 Å². The Labute approximate surface area is 175 Å². The van der Waals surface area contributed by atoms with E-state index in [0.717, 1.165) is 22.4 Å². The topological polar surface area (TPSA) is 46.2 Å². The smallest absolute Gasteiger partial charge is 0.236 e. The molecule has 0 aromatic heterocycles. The van der Waals surface area contributed by atoms with Gasteiger partial charge in [0.05, 0.1) is 5.41 Å². The van der Waals surface area contributed by atoms with E-state index in [4.69, 9.17) is 11.6 Å². The summed E-state index contributed by atoms with van der Waals surface area (Å²) in [5, 5.41) is 3.66. The number of carbonyl (C=O) groups excluding carboxylic acids is 2. The lowest BCUT2D eigenvalue weighted by Gasteiger charge is -2.36. The van der Waals surface area contributed by atoms with Gasteiger partial charge in [-0.05, 0) is 48.2 Å². The molecule has 0 unspecified atom stereocenters. The van der Waals surface area contributed by atoms with E-state index in [1.165, 1.54) is 0 Å². The number of amides is 1. The van der Waals surface area contributed by atoms with Gasteiger partial charge in [-0.1, -0.05) is 72.3 Å². The van der Waals surface area contributed by atoms with Gasteiger partial charge in [0.25, 0.3) is 0 Å². The van der Waals surface area contributed by atoms with Crippen molar-refractivity contribution in [1.29, 1.82) is 0 Å². The Kier molecular flexibility index (Phi) is 5.25. The Balaban J connectivity index is 1.95. The van der Waals surface area contributed by atoms with Crippen LogP contribution in [0.3, 0.4) is 0 Å². The molecule has 2 atom stereocenters. The van der Waals surface area contributed by atoms with Crippen LogP contribution in [0.15, 0.2) is 78.9 Å². The van der Waals surface area contributed by atoms with Gasteiger partial charge < -0.3 is 10.1 Å². The van der Waals surface area contributed by atoms with Crippen molar-refractivity contribution >= 4 is 29.0 Å². The van der Waals surface area contributed by atoms with Crippen LogP contribution in [-0.4, -0.2) is 11.7 Å². The van der Waals surface area contributed by atoms with Gasteiger partial charge in [0.1, 0.15) is 5.78 Å². The molecule has 0 fully saturated rings. The predicted octanol–water partition coefficient (Wildman–Crippen LogP) is 5.54. The summed E-state index contributed by atoms with van der Waals surface area (Å²) in [7, 11) is 0. The predicted molar refractivity (Wildman–Crippen MR) is 116 cm³/mol. The monoisotopic (exact) mass is 403 g/mol. The summed E-state index contributed by atoms with van der Waals surface area (Å²) in [5.41, 5.74) is 2.79. The maximum atomic E-state index is 13.6.